The lowest BCUT2D eigenvalue weighted by atomic mass is 9.95. The Hall–Kier alpha value is -2.90. The average Bonchev–Trinajstić information content (AvgIpc) is 3.07. The molecule has 1 atom stereocenters. The molecule has 8 nitrogen and oxygen atoms in total. The van der Waals surface area contributed by atoms with E-state index < -0.39 is 23.0 Å². The Morgan fingerprint density at radius 1 is 1.24 bits per heavy atom. The van der Waals surface area contributed by atoms with Crippen LogP contribution in [0, 0.1) is 10.1 Å². The van der Waals surface area contributed by atoms with Crippen molar-refractivity contribution >= 4 is 17.7 Å². The van der Waals surface area contributed by atoms with Gasteiger partial charge < -0.3 is 15.4 Å². The van der Waals surface area contributed by atoms with Gasteiger partial charge >= 0.3 is 12.0 Å². The Morgan fingerprint density at radius 2 is 1.88 bits per heavy atom. The second kappa shape index (κ2) is 6.92. The molecule has 0 unspecified atom stereocenters. The zero-order chi connectivity index (χ0) is 18.0. The molecule has 1 aromatic rings. The van der Waals surface area contributed by atoms with Crippen LogP contribution < -0.4 is 10.6 Å². The molecule has 25 heavy (non-hydrogen) atoms. The van der Waals surface area contributed by atoms with Crippen molar-refractivity contribution in [2.75, 3.05) is 0 Å². The predicted molar refractivity (Wildman–Crippen MR) is 88.6 cm³/mol. The van der Waals surface area contributed by atoms with Crippen LogP contribution in [0.5, 0.6) is 0 Å². The van der Waals surface area contributed by atoms with E-state index in [0.717, 1.165) is 25.7 Å². The highest BCUT2D eigenvalue weighted by Crippen LogP contribution is 2.30. The van der Waals surface area contributed by atoms with E-state index in [-0.39, 0.29) is 11.8 Å². The second-order valence-corrected chi connectivity index (χ2v) is 6.23. The van der Waals surface area contributed by atoms with Gasteiger partial charge in [0.15, 0.2) is 0 Å². The van der Waals surface area contributed by atoms with E-state index in [1.54, 1.807) is 6.92 Å². The number of carbonyl (C=O) groups excluding carboxylic acids is 2. The minimum absolute atomic E-state index is 0.0557. The van der Waals surface area contributed by atoms with Gasteiger partial charge in [0, 0.05) is 17.8 Å². The summed E-state index contributed by atoms with van der Waals surface area (Å²) in [4.78, 5) is 34.8. The first-order valence-corrected chi connectivity index (χ1v) is 8.19. The summed E-state index contributed by atoms with van der Waals surface area (Å²) in [6.07, 6.45) is 3.68. The fourth-order valence-electron chi connectivity index (χ4n) is 3.22. The van der Waals surface area contributed by atoms with Crippen molar-refractivity contribution in [1.29, 1.82) is 0 Å². The molecule has 0 aromatic heterocycles. The zero-order valence-electron chi connectivity index (χ0n) is 13.8. The second-order valence-electron chi connectivity index (χ2n) is 6.23. The summed E-state index contributed by atoms with van der Waals surface area (Å²) in [7, 11) is 0. The van der Waals surface area contributed by atoms with E-state index in [2.05, 4.69) is 10.6 Å². The van der Waals surface area contributed by atoms with Crippen LogP contribution in [-0.2, 0) is 9.53 Å². The van der Waals surface area contributed by atoms with Crippen molar-refractivity contribution in [3.8, 4) is 0 Å². The number of hydrogen-bond donors (Lipinski definition) is 2. The molecule has 3 rings (SSSR count). The normalized spacial score (nSPS) is 20.8. The summed E-state index contributed by atoms with van der Waals surface area (Å²) in [6, 6.07) is 4.62. The summed E-state index contributed by atoms with van der Waals surface area (Å²) in [5, 5.41) is 16.1. The number of non-ortho nitro benzene ring substituents is 1. The van der Waals surface area contributed by atoms with Crippen LogP contribution in [0.15, 0.2) is 35.5 Å². The Bertz CT molecular complexity index is 735. The van der Waals surface area contributed by atoms with Gasteiger partial charge in [-0.05, 0) is 50.3 Å². The highest BCUT2D eigenvalue weighted by molar-refractivity contribution is 5.95. The van der Waals surface area contributed by atoms with E-state index in [4.69, 9.17) is 4.74 Å². The molecule has 2 aliphatic rings. The van der Waals surface area contributed by atoms with E-state index in [1.807, 2.05) is 0 Å². The molecule has 0 spiro atoms. The summed E-state index contributed by atoms with van der Waals surface area (Å²) in [5.41, 5.74) is 1.27. The smallest absolute Gasteiger partial charge is 0.338 e. The number of ether oxygens (including phenoxy) is 1. The number of nitro groups is 1. The fourth-order valence-corrected chi connectivity index (χ4v) is 3.22. The number of nitro benzene ring substituents is 1. The first-order chi connectivity index (χ1) is 12.0. The maximum atomic E-state index is 12.7. The number of urea groups is 1. The third-order valence-electron chi connectivity index (χ3n) is 4.50. The van der Waals surface area contributed by atoms with Gasteiger partial charge in [0.2, 0.25) is 0 Å². The van der Waals surface area contributed by atoms with Crippen molar-refractivity contribution < 1.29 is 19.2 Å². The molecule has 0 radical (unpaired) electrons. The van der Waals surface area contributed by atoms with Crippen molar-refractivity contribution in [2.45, 2.75) is 44.8 Å². The third-order valence-corrected chi connectivity index (χ3v) is 4.50. The molecule has 1 heterocycles. The van der Waals surface area contributed by atoms with Gasteiger partial charge in [-0.2, -0.15) is 0 Å². The van der Waals surface area contributed by atoms with Crippen LogP contribution in [-0.4, -0.2) is 23.0 Å². The number of esters is 1. The number of nitrogens with zero attached hydrogens (tertiary/aromatic N) is 1. The zero-order valence-corrected chi connectivity index (χ0v) is 13.8. The van der Waals surface area contributed by atoms with Crippen LogP contribution in [0.3, 0.4) is 0 Å². The fraction of sp³-hybridized carbons (Fsp3) is 0.412. The van der Waals surface area contributed by atoms with Crippen LogP contribution in [0.2, 0.25) is 0 Å². The highest BCUT2D eigenvalue weighted by Gasteiger charge is 2.34. The number of nitrogens with one attached hydrogen (secondary N) is 2. The van der Waals surface area contributed by atoms with Crippen molar-refractivity contribution in [3.63, 3.8) is 0 Å². The van der Waals surface area contributed by atoms with Gasteiger partial charge in [0.25, 0.3) is 5.69 Å². The molecule has 1 aromatic carbocycles. The lowest BCUT2D eigenvalue weighted by Gasteiger charge is -2.28. The largest absolute Gasteiger partial charge is 0.459 e. The standard InChI is InChI=1S/C17H19N3O5/c1-10-14(16(21)25-13-4-2-3-5-13)15(19-17(22)18-10)11-6-8-12(9-7-11)20(23)24/h6-9,13,15H,2-5H2,1H3,(H2,18,19,22)/t15-/m1/s1. The number of allylic oxidation sites excluding steroid dienone is 1. The van der Waals surface area contributed by atoms with Crippen molar-refractivity contribution in [2.24, 2.45) is 0 Å². The highest BCUT2D eigenvalue weighted by atomic mass is 16.6. The summed E-state index contributed by atoms with van der Waals surface area (Å²) in [6.45, 7) is 1.64. The van der Waals surface area contributed by atoms with Gasteiger partial charge in [-0.15, -0.1) is 0 Å². The molecule has 8 heteroatoms. The minimum Gasteiger partial charge on any atom is -0.459 e. The van der Waals surface area contributed by atoms with Gasteiger partial charge in [0.05, 0.1) is 16.5 Å². The van der Waals surface area contributed by atoms with E-state index in [0.29, 0.717) is 16.8 Å². The van der Waals surface area contributed by atoms with Crippen LogP contribution in [0.4, 0.5) is 10.5 Å². The lowest BCUT2D eigenvalue weighted by Crippen LogP contribution is -2.45. The number of amides is 2. The molecule has 0 saturated heterocycles. The van der Waals surface area contributed by atoms with E-state index in [9.17, 15) is 19.7 Å². The molecule has 2 amide bonds. The van der Waals surface area contributed by atoms with E-state index in [1.165, 1.54) is 24.3 Å². The SMILES string of the molecule is CC1=C(C(=O)OC2CCCC2)[C@@H](c2ccc([N+](=O)[O-])cc2)NC(=O)N1. The maximum absolute atomic E-state index is 12.7. The van der Waals surface area contributed by atoms with E-state index >= 15 is 0 Å². The molecule has 1 saturated carbocycles. The quantitative estimate of drug-likeness (QED) is 0.495. The predicted octanol–water partition coefficient (Wildman–Crippen LogP) is 2.71. The van der Waals surface area contributed by atoms with Gasteiger partial charge in [-0.1, -0.05) is 0 Å². The molecule has 2 N–H and O–H groups in total. The number of benzene rings is 1. The van der Waals surface area contributed by atoms with Crippen molar-refractivity contribution in [1.82, 2.24) is 10.6 Å². The average molecular weight is 345 g/mol. The first-order valence-electron chi connectivity index (χ1n) is 8.19. The van der Waals surface area contributed by atoms with Gasteiger partial charge in [0.1, 0.15) is 6.10 Å². The molecule has 1 aliphatic heterocycles. The molecular formula is C17H19N3O5. The maximum Gasteiger partial charge on any atom is 0.338 e. The summed E-state index contributed by atoms with van der Waals surface area (Å²) in [5.74, 6) is -0.472. The number of rotatable bonds is 4. The molecule has 1 aliphatic carbocycles. The molecule has 0 bridgehead atoms. The summed E-state index contributed by atoms with van der Waals surface area (Å²) >= 11 is 0. The Balaban J connectivity index is 1.88. The van der Waals surface area contributed by atoms with Crippen LogP contribution >= 0.6 is 0 Å². The third kappa shape index (κ3) is 3.62. The molecular weight excluding hydrogens is 326 g/mol. The summed E-state index contributed by atoms with van der Waals surface area (Å²) < 4.78 is 5.57. The van der Waals surface area contributed by atoms with Crippen LogP contribution in [0.1, 0.15) is 44.2 Å². The van der Waals surface area contributed by atoms with Crippen molar-refractivity contribution in [3.05, 3.63) is 51.2 Å². The van der Waals surface area contributed by atoms with Gasteiger partial charge in [-0.3, -0.25) is 10.1 Å². The Morgan fingerprint density at radius 3 is 2.48 bits per heavy atom. The minimum atomic E-state index is -0.705. The molecule has 1 fully saturated rings. The Labute approximate surface area is 144 Å². The van der Waals surface area contributed by atoms with Gasteiger partial charge in [-0.25, -0.2) is 9.59 Å². The number of carbonyl (C=O) groups is 2. The number of hydrogen-bond acceptors (Lipinski definition) is 5. The lowest BCUT2D eigenvalue weighted by molar-refractivity contribution is -0.384. The topological polar surface area (TPSA) is 111 Å². The monoisotopic (exact) mass is 345 g/mol. The first kappa shape index (κ1) is 16.9. The van der Waals surface area contributed by atoms with Crippen LogP contribution in [0.25, 0.3) is 0 Å². The molecule has 132 valence electrons. The Kier molecular flexibility index (Phi) is 4.69.